The number of aromatic amines is 1. The van der Waals surface area contributed by atoms with E-state index < -0.39 is 0 Å². The Morgan fingerprint density at radius 2 is 1.82 bits per heavy atom. The Morgan fingerprint density at radius 3 is 2.41 bits per heavy atom. The molecule has 2 unspecified atom stereocenters. The number of nitrogens with one attached hydrogen (secondary N) is 2. The molecule has 2 atom stereocenters. The van der Waals surface area contributed by atoms with Crippen molar-refractivity contribution in [1.82, 2.24) is 15.5 Å². The molecule has 0 amide bonds. The number of aromatic nitrogens is 2. The highest BCUT2D eigenvalue weighted by Crippen LogP contribution is 2.19. The molecule has 2 aromatic rings. The zero-order valence-electron chi connectivity index (χ0n) is 9.94. The van der Waals surface area contributed by atoms with Crippen LogP contribution in [0.25, 0.3) is 0 Å². The van der Waals surface area contributed by atoms with Gasteiger partial charge in [0.15, 0.2) is 0 Å². The van der Waals surface area contributed by atoms with Crippen molar-refractivity contribution in [3.05, 3.63) is 52.8 Å². The third kappa shape index (κ3) is 3.08. The molecule has 0 bridgehead atoms. The van der Waals surface area contributed by atoms with Crippen LogP contribution in [0, 0.1) is 0 Å². The second-order valence-electron chi connectivity index (χ2n) is 4.17. The Kier molecular flexibility index (Phi) is 3.82. The predicted octanol–water partition coefficient (Wildman–Crippen LogP) is 3.47. The van der Waals surface area contributed by atoms with Gasteiger partial charge in [0.05, 0.1) is 5.69 Å². The first kappa shape index (κ1) is 12.1. The number of halogens is 1. The topological polar surface area (TPSA) is 40.7 Å². The van der Waals surface area contributed by atoms with Gasteiger partial charge in [-0.3, -0.25) is 5.10 Å². The molecule has 0 fully saturated rings. The fourth-order valence-corrected chi connectivity index (χ4v) is 1.95. The smallest absolute Gasteiger partial charge is 0.0518 e. The van der Waals surface area contributed by atoms with Crippen LogP contribution in [0.2, 0.25) is 5.02 Å². The standard InChI is InChI=1S/C13H16ClN3/c1-9(11-3-5-12(14)6-4-11)16-10(2)13-7-8-15-17-13/h3-10,16H,1-2H3,(H,15,17). The van der Waals surface area contributed by atoms with E-state index >= 15 is 0 Å². The van der Waals surface area contributed by atoms with Gasteiger partial charge in [-0.05, 0) is 37.6 Å². The molecule has 0 aliphatic heterocycles. The van der Waals surface area contributed by atoms with Crippen molar-refractivity contribution in [3.63, 3.8) is 0 Å². The number of benzene rings is 1. The maximum Gasteiger partial charge on any atom is 0.0518 e. The average molecular weight is 250 g/mol. The van der Waals surface area contributed by atoms with Gasteiger partial charge in [0, 0.05) is 23.3 Å². The SMILES string of the molecule is CC(NC(C)c1ccn[nH]1)c1ccc(Cl)cc1. The van der Waals surface area contributed by atoms with Crippen molar-refractivity contribution in [2.45, 2.75) is 25.9 Å². The van der Waals surface area contributed by atoms with E-state index in [1.165, 1.54) is 5.56 Å². The first-order chi connectivity index (χ1) is 8.16. The molecule has 3 nitrogen and oxygen atoms in total. The van der Waals surface area contributed by atoms with Crippen LogP contribution in [-0.4, -0.2) is 10.2 Å². The summed E-state index contributed by atoms with van der Waals surface area (Å²) in [7, 11) is 0. The lowest BCUT2D eigenvalue weighted by molar-refractivity contribution is 0.486. The minimum Gasteiger partial charge on any atom is -0.302 e. The molecule has 1 aromatic heterocycles. The highest BCUT2D eigenvalue weighted by atomic mass is 35.5. The van der Waals surface area contributed by atoms with Gasteiger partial charge < -0.3 is 5.32 Å². The van der Waals surface area contributed by atoms with Gasteiger partial charge in [-0.25, -0.2) is 0 Å². The van der Waals surface area contributed by atoms with Crippen LogP contribution < -0.4 is 5.32 Å². The van der Waals surface area contributed by atoms with E-state index in [4.69, 9.17) is 11.6 Å². The highest BCUT2D eigenvalue weighted by Gasteiger charge is 2.11. The Labute approximate surface area is 106 Å². The van der Waals surface area contributed by atoms with Crippen molar-refractivity contribution >= 4 is 11.6 Å². The van der Waals surface area contributed by atoms with E-state index in [-0.39, 0.29) is 12.1 Å². The van der Waals surface area contributed by atoms with Gasteiger partial charge in [-0.15, -0.1) is 0 Å². The molecule has 90 valence electrons. The van der Waals surface area contributed by atoms with Crippen molar-refractivity contribution in [3.8, 4) is 0 Å². The van der Waals surface area contributed by atoms with Gasteiger partial charge >= 0.3 is 0 Å². The first-order valence-corrected chi connectivity index (χ1v) is 6.05. The molecule has 0 spiro atoms. The summed E-state index contributed by atoms with van der Waals surface area (Å²) in [5.74, 6) is 0. The van der Waals surface area contributed by atoms with Gasteiger partial charge in [0.1, 0.15) is 0 Å². The zero-order valence-corrected chi connectivity index (χ0v) is 10.7. The molecule has 4 heteroatoms. The van der Waals surface area contributed by atoms with E-state index in [9.17, 15) is 0 Å². The Balaban J connectivity index is 2.01. The number of nitrogens with zero attached hydrogens (tertiary/aromatic N) is 1. The monoisotopic (exact) mass is 249 g/mol. The summed E-state index contributed by atoms with van der Waals surface area (Å²) in [6, 6.07) is 10.4. The molecular formula is C13H16ClN3. The van der Waals surface area contributed by atoms with Crippen LogP contribution in [0.4, 0.5) is 0 Å². The maximum absolute atomic E-state index is 5.87. The Morgan fingerprint density at radius 1 is 1.12 bits per heavy atom. The summed E-state index contributed by atoms with van der Waals surface area (Å²) in [4.78, 5) is 0. The summed E-state index contributed by atoms with van der Waals surface area (Å²) >= 11 is 5.87. The van der Waals surface area contributed by atoms with E-state index in [2.05, 4.69) is 29.4 Å². The first-order valence-electron chi connectivity index (χ1n) is 5.67. The molecule has 2 rings (SSSR count). The number of H-pyrrole nitrogens is 1. The fraction of sp³-hybridized carbons (Fsp3) is 0.308. The van der Waals surface area contributed by atoms with Crippen molar-refractivity contribution in [1.29, 1.82) is 0 Å². The van der Waals surface area contributed by atoms with Crippen molar-refractivity contribution in [2.24, 2.45) is 0 Å². The third-order valence-electron chi connectivity index (χ3n) is 2.86. The van der Waals surface area contributed by atoms with E-state index in [1.807, 2.05) is 30.3 Å². The molecule has 1 aromatic carbocycles. The number of hydrogen-bond acceptors (Lipinski definition) is 2. The fourth-order valence-electron chi connectivity index (χ4n) is 1.82. The lowest BCUT2D eigenvalue weighted by Gasteiger charge is -2.19. The Hall–Kier alpha value is -1.32. The van der Waals surface area contributed by atoms with Crippen LogP contribution in [0.5, 0.6) is 0 Å². The number of hydrogen-bond donors (Lipinski definition) is 2. The van der Waals surface area contributed by atoms with Gasteiger partial charge in [-0.1, -0.05) is 23.7 Å². The highest BCUT2D eigenvalue weighted by molar-refractivity contribution is 6.30. The minimum atomic E-state index is 0.239. The second-order valence-corrected chi connectivity index (χ2v) is 4.61. The van der Waals surface area contributed by atoms with E-state index in [0.717, 1.165) is 10.7 Å². The molecule has 0 saturated carbocycles. The summed E-state index contributed by atoms with van der Waals surface area (Å²) in [5.41, 5.74) is 2.31. The predicted molar refractivity (Wildman–Crippen MR) is 70.0 cm³/mol. The molecule has 0 aliphatic carbocycles. The normalized spacial score (nSPS) is 14.5. The maximum atomic E-state index is 5.87. The molecule has 17 heavy (non-hydrogen) atoms. The lowest BCUT2D eigenvalue weighted by Crippen LogP contribution is -2.22. The molecular weight excluding hydrogens is 234 g/mol. The van der Waals surface area contributed by atoms with Crippen molar-refractivity contribution in [2.75, 3.05) is 0 Å². The summed E-state index contributed by atoms with van der Waals surface area (Å²) in [6.07, 6.45) is 1.76. The zero-order chi connectivity index (χ0) is 12.3. The van der Waals surface area contributed by atoms with E-state index in [1.54, 1.807) is 6.20 Å². The molecule has 1 heterocycles. The van der Waals surface area contributed by atoms with Crippen LogP contribution >= 0.6 is 11.6 Å². The summed E-state index contributed by atoms with van der Waals surface area (Å²) in [5, 5.41) is 11.2. The minimum absolute atomic E-state index is 0.239. The largest absolute Gasteiger partial charge is 0.302 e. The Bertz CT molecular complexity index is 450. The molecule has 0 radical (unpaired) electrons. The molecule has 2 N–H and O–H groups in total. The molecule has 0 aliphatic rings. The van der Waals surface area contributed by atoms with Gasteiger partial charge in [-0.2, -0.15) is 5.10 Å². The summed E-state index contributed by atoms with van der Waals surface area (Å²) in [6.45, 7) is 4.25. The molecule has 0 saturated heterocycles. The van der Waals surface area contributed by atoms with E-state index in [0.29, 0.717) is 0 Å². The summed E-state index contributed by atoms with van der Waals surface area (Å²) < 4.78 is 0. The second kappa shape index (κ2) is 5.34. The quantitative estimate of drug-likeness (QED) is 0.871. The van der Waals surface area contributed by atoms with Gasteiger partial charge in [0.2, 0.25) is 0 Å². The third-order valence-corrected chi connectivity index (χ3v) is 3.11. The van der Waals surface area contributed by atoms with Crippen LogP contribution in [0.1, 0.15) is 37.2 Å². The lowest BCUT2D eigenvalue weighted by atomic mass is 10.1. The van der Waals surface area contributed by atoms with Crippen LogP contribution in [0.3, 0.4) is 0 Å². The van der Waals surface area contributed by atoms with Crippen LogP contribution in [-0.2, 0) is 0 Å². The number of rotatable bonds is 4. The van der Waals surface area contributed by atoms with Crippen LogP contribution in [0.15, 0.2) is 36.5 Å². The van der Waals surface area contributed by atoms with Crippen molar-refractivity contribution < 1.29 is 0 Å². The average Bonchev–Trinajstić information content (AvgIpc) is 2.83. The van der Waals surface area contributed by atoms with Gasteiger partial charge in [0.25, 0.3) is 0 Å².